The summed E-state index contributed by atoms with van der Waals surface area (Å²) in [6.07, 6.45) is 0.327. The van der Waals surface area contributed by atoms with Gasteiger partial charge in [0.05, 0.1) is 6.54 Å². The largest absolute Gasteiger partial charge is 0.343 e. The number of benzene rings is 2. The smallest absolute Gasteiger partial charge is 0.251 e. The standard InChI is InChI=1S/C21H19FN4O3/c22-17-8-6-15(7-9-17)21(28)23-11-18-24-20(25-29-18)16-10-19(27)26(13-16)12-14-4-2-1-3-5-14/h1-9,16H,10-13H2,(H,23,28)/t16-/m0/s1. The van der Waals surface area contributed by atoms with Crippen molar-refractivity contribution in [2.24, 2.45) is 0 Å². The van der Waals surface area contributed by atoms with E-state index in [1.165, 1.54) is 24.3 Å². The molecule has 0 unspecified atom stereocenters. The summed E-state index contributed by atoms with van der Waals surface area (Å²) in [4.78, 5) is 30.5. The van der Waals surface area contributed by atoms with Gasteiger partial charge in [-0.15, -0.1) is 0 Å². The van der Waals surface area contributed by atoms with Crippen LogP contribution in [0.2, 0.25) is 0 Å². The Morgan fingerprint density at radius 1 is 1.17 bits per heavy atom. The van der Waals surface area contributed by atoms with E-state index in [1.807, 2.05) is 30.3 Å². The Morgan fingerprint density at radius 2 is 1.93 bits per heavy atom. The first-order valence-electron chi connectivity index (χ1n) is 9.26. The Labute approximate surface area is 166 Å². The Kier molecular flexibility index (Phi) is 5.33. The summed E-state index contributed by atoms with van der Waals surface area (Å²) in [7, 11) is 0. The average molecular weight is 394 g/mol. The topological polar surface area (TPSA) is 88.3 Å². The van der Waals surface area contributed by atoms with Crippen molar-refractivity contribution in [3.8, 4) is 0 Å². The van der Waals surface area contributed by atoms with Crippen molar-refractivity contribution in [1.29, 1.82) is 0 Å². The number of nitrogens with one attached hydrogen (secondary N) is 1. The number of nitrogens with zero attached hydrogens (tertiary/aromatic N) is 3. The number of aromatic nitrogens is 2. The highest BCUT2D eigenvalue weighted by molar-refractivity contribution is 5.94. The minimum absolute atomic E-state index is 0.0508. The fourth-order valence-electron chi connectivity index (χ4n) is 3.27. The van der Waals surface area contributed by atoms with Crippen LogP contribution in [0.5, 0.6) is 0 Å². The lowest BCUT2D eigenvalue weighted by molar-refractivity contribution is -0.128. The molecule has 4 rings (SSSR count). The quantitative estimate of drug-likeness (QED) is 0.694. The second-order valence-electron chi connectivity index (χ2n) is 6.90. The van der Waals surface area contributed by atoms with E-state index in [-0.39, 0.29) is 30.2 Å². The highest BCUT2D eigenvalue weighted by Gasteiger charge is 2.33. The first-order valence-corrected chi connectivity index (χ1v) is 9.26. The van der Waals surface area contributed by atoms with Crippen molar-refractivity contribution in [2.75, 3.05) is 6.54 Å². The van der Waals surface area contributed by atoms with Gasteiger partial charge in [-0.3, -0.25) is 9.59 Å². The lowest BCUT2D eigenvalue weighted by atomic mass is 10.1. The summed E-state index contributed by atoms with van der Waals surface area (Å²) in [6.45, 7) is 1.13. The lowest BCUT2D eigenvalue weighted by Gasteiger charge is -2.15. The summed E-state index contributed by atoms with van der Waals surface area (Å²) < 4.78 is 18.1. The molecular formula is C21H19FN4O3. The minimum Gasteiger partial charge on any atom is -0.343 e. The van der Waals surface area contributed by atoms with Crippen molar-refractivity contribution >= 4 is 11.8 Å². The van der Waals surface area contributed by atoms with Gasteiger partial charge in [0.1, 0.15) is 5.82 Å². The molecule has 1 aromatic heterocycles. The Balaban J connectivity index is 1.33. The molecule has 0 saturated carbocycles. The van der Waals surface area contributed by atoms with Crippen molar-refractivity contribution in [2.45, 2.75) is 25.4 Å². The minimum atomic E-state index is -0.407. The molecule has 1 aliphatic rings. The van der Waals surface area contributed by atoms with E-state index < -0.39 is 5.82 Å². The molecule has 1 atom stereocenters. The van der Waals surface area contributed by atoms with Crippen LogP contribution in [0, 0.1) is 5.82 Å². The van der Waals surface area contributed by atoms with Crippen LogP contribution in [-0.4, -0.2) is 33.4 Å². The molecule has 2 aromatic carbocycles. The second-order valence-corrected chi connectivity index (χ2v) is 6.90. The molecule has 29 heavy (non-hydrogen) atoms. The van der Waals surface area contributed by atoms with Gasteiger partial charge < -0.3 is 14.7 Å². The number of carbonyl (C=O) groups is 2. The van der Waals surface area contributed by atoms with E-state index in [0.717, 1.165) is 5.56 Å². The fourth-order valence-corrected chi connectivity index (χ4v) is 3.27. The number of likely N-dealkylation sites (tertiary alicyclic amines) is 1. The van der Waals surface area contributed by atoms with Crippen molar-refractivity contribution in [3.63, 3.8) is 0 Å². The van der Waals surface area contributed by atoms with Gasteiger partial charge in [0, 0.05) is 31.0 Å². The normalized spacial score (nSPS) is 16.2. The van der Waals surface area contributed by atoms with Crippen molar-refractivity contribution in [3.05, 3.63) is 83.3 Å². The van der Waals surface area contributed by atoms with Gasteiger partial charge in [0.15, 0.2) is 5.82 Å². The highest BCUT2D eigenvalue weighted by atomic mass is 19.1. The zero-order valence-corrected chi connectivity index (χ0v) is 15.5. The number of halogens is 1. The number of amides is 2. The van der Waals surface area contributed by atoms with Gasteiger partial charge >= 0.3 is 0 Å². The first kappa shape index (κ1) is 18.8. The third kappa shape index (κ3) is 4.48. The monoisotopic (exact) mass is 394 g/mol. The molecule has 1 N–H and O–H groups in total. The van der Waals surface area contributed by atoms with E-state index in [2.05, 4.69) is 15.5 Å². The molecule has 1 aliphatic heterocycles. The van der Waals surface area contributed by atoms with Crippen LogP contribution in [0.4, 0.5) is 4.39 Å². The first-order chi connectivity index (χ1) is 14.1. The molecule has 0 aliphatic carbocycles. The Hall–Kier alpha value is -3.55. The summed E-state index contributed by atoms with van der Waals surface area (Å²) in [5.74, 6) is -0.152. The molecule has 1 fully saturated rings. The molecule has 8 heteroatoms. The number of rotatable bonds is 6. The summed E-state index contributed by atoms with van der Waals surface area (Å²) in [5, 5.41) is 6.62. The van der Waals surface area contributed by atoms with Gasteiger partial charge in [-0.05, 0) is 29.8 Å². The molecule has 0 radical (unpaired) electrons. The number of hydrogen-bond donors (Lipinski definition) is 1. The summed E-state index contributed by atoms with van der Waals surface area (Å²) in [5.41, 5.74) is 1.41. The van der Waals surface area contributed by atoms with Crippen LogP contribution in [-0.2, 0) is 17.9 Å². The fraction of sp³-hybridized carbons (Fsp3) is 0.238. The third-order valence-electron chi connectivity index (χ3n) is 4.79. The zero-order chi connectivity index (χ0) is 20.2. The van der Waals surface area contributed by atoms with Crippen molar-refractivity contribution < 1.29 is 18.5 Å². The van der Waals surface area contributed by atoms with Crippen LogP contribution in [0.25, 0.3) is 0 Å². The zero-order valence-electron chi connectivity index (χ0n) is 15.5. The van der Waals surface area contributed by atoms with Gasteiger partial charge in [0.2, 0.25) is 11.8 Å². The van der Waals surface area contributed by atoms with Crippen LogP contribution >= 0.6 is 0 Å². The van der Waals surface area contributed by atoms with E-state index >= 15 is 0 Å². The van der Waals surface area contributed by atoms with Crippen LogP contribution in [0.1, 0.15) is 40.0 Å². The van der Waals surface area contributed by atoms with Gasteiger partial charge in [-0.25, -0.2) is 4.39 Å². The highest BCUT2D eigenvalue weighted by Crippen LogP contribution is 2.27. The predicted octanol–water partition coefficient (Wildman–Crippen LogP) is 2.65. The molecule has 3 aromatic rings. The van der Waals surface area contributed by atoms with Gasteiger partial charge in [0.25, 0.3) is 5.91 Å². The SMILES string of the molecule is O=C(NCc1nc([C@H]2CC(=O)N(Cc3ccccc3)C2)no1)c1ccc(F)cc1. The molecule has 2 amide bonds. The molecule has 7 nitrogen and oxygen atoms in total. The van der Waals surface area contributed by atoms with E-state index in [0.29, 0.717) is 30.9 Å². The summed E-state index contributed by atoms with van der Waals surface area (Å²) >= 11 is 0. The second kappa shape index (κ2) is 8.22. The lowest BCUT2D eigenvalue weighted by Crippen LogP contribution is -2.24. The van der Waals surface area contributed by atoms with Gasteiger partial charge in [-0.2, -0.15) is 4.98 Å². The maximum absolute atomic E-state index is 12.9. The van der Waals surface area contributed by atoms with Crippen LogP contribution in [0.3, 0.4) is 0 Å². The maximum atomic E-state index is 12.9. The van der Waals surface area contributed by atoms with Gasteiger partial charge in [-0.1, -0.05) is 35.5 Å². The van der Waals surface area contributed by atoms with E-state index in [4.69, 9.17) is 4.52 Å². The molecule has 148 valence electrons. The molecular weight excluding hydrogens is 375 g/mol. The third-order valence-corrected chi connectivity index (χ3v) is 4.79. The van der Waals surface area contributed by atoms with E-state index in [9.17, 15) is 14.0 Å². The van der Waals surface area contributed by atoms with Crippen LogP contribution < -0.4 is 5.32 Å². The number of carbonyl (C=O) groups excluding carboxylic acids is 2. The predicted molar refractivity (Wildman–Crippen MR) is 101 cm³/mol. The average Bonchev–Trinajstić information content (AvgIpc) is 3.34. The van der Waals surface area contributed by atoms with Crippen molar-refractivity contribution in [1.82, 2.24) is 20.4 Å². The molecule has 1 saturated heterocycles. The van der Waals surface area contributed by atoms with E-state index in [1.54, 1.807) is 4.90 Å². The molecule has 0 bridgehead atoms. The molecule has 0 spiro atoms. The Bertz CT molecular complexity index is 1000. The maximum Gasteiger partial charge on any atom is 0.251 e. The number of hydrogen-bond acceptors (Lipinski definition) is 5. The Morgan fingerprint density at radius 3 is 2.69 bits per heavy atom. The van der Waals surface area contributed by atoms with Crippen LogP contribution in [0.15, 0.2) is 59.1 Å². The molecule has 2 heterocycles. The summed E-state index contributed by atoms with van der Waals surface area (Å²) in [6, 6.07) is 15.0.